The molecule has 146 valence electrons. The lowest BCUT2D eigenvalue weighted by molar-refractivity contribution is 0.102. The Hall–Kier alpha value is -3.69. The van der Waals surface area contributed by atoms with Gasteiger partial charge in [0.05, 0.1) is 10.6 Å². The van der Waals surface area contributed by atoms with Crippen molar-refractivity contribution in [3.8, 4) is 16.9 Å². The van der Waals surface area contributed by atoms with E-state index in [0.29, 0.717) is 21.7 Å². The maximum Gasteiger partial charge on any atom is 0.196 e. The number of hydrogen-bond acceptors (Lipinski definition) is 3. The van der Waals surface area contributed by atoms with Gasteiger partial charge in [-0.2, -0.15) is 0 Å². The van der Waals surface area contributed by atoms with E-state index in [9.17, 15) is 14.7 Å². The lowest BCUT2D eigenvalue weighted by Crippen LogP contribution is -2.02. The van der Waals surface area contributed by atoms with Crippen molar-refractivity contribution < 1.29 is 14.7 Å². The molecule has 0 radical (unpaired) electrons. The molecule has 30 heavy (non-hydrogen) atoms. The topological polar surface area (TPSA) is 54.4 Å². The molecule has 4 aromatic carbocycles. The number of phenols is 1. The Bertz CT molecular complexity index is 1130. The summed E-state index contributed by atoms with van der Waals surface area (Å²) in [5.74, 6) is -0.401. The van der Waals surface area contributed by atoms with Gasteiger partial charge in [-0.3, -0.25) is 9.59 Å². The average Bonchev–Trinajstić information content (AvgIpc) is 2.79. The third-order valence-corrected chi connectivity index (χ3v) is 5.22. The number of aromatic hydroxyl groups is 1. The second kappa shape index (κ2) is 8.36. The van der Waals surface area contributed by atoms with E-state index < -0.39 is 0 Å². The Labute approximate surface area is 179 Å². The van der Waals surface area contributed by atoms with Gasteiger partial charge in [0.1, 0.15) is 5.75 Å². The van der Waals surface area contributed by atoms with Crippen LogP contribution in [0.25, 0.3) is 11.1 Å². The molecule has 0 bridgehead atoms. The van der Waals surface area contributed by atoms with E-state index in [4.69, 9.17) is 11.6 Å². The van der Waals surface area contributed by atoms with Gasteiger partial charge in [0.25, 0.3) is 0 Å². The number of halogens is 1. The standard InChI is InChI=1S/C26H17ClO3/c27-23-7-3-1-5-21(23)25(29)19-13-9-17(10-14-19)18-11-15-20(16-12-18)26(30)22-6-2-4-8-24(22)28/h1-16,28H. The van der Waals surface area contributed by atoms with E-state index in [1.165, 1.54) is 6.07 Å². The van der Waals surface area contributed by atoms with Crippen LogP contribution in [-0.4, -0.2) is 16.7 Å². The summed E-state index contributed by atoms with van der Waals surface area (Å²) in [6, 6.07) is 27.9. The summed E-state index contributed by atoms with van der Waals surface area (Å²) in [6.07, 6.45) is 0. The van der Waals surface area contributed by atoms with Crippen LogP contribution in [0.3, 0.4) is 0 Å². The van der Waals surface area contributed by atoms with Crippen LogP contribution in [0.2, 0.25) is 5.02 Å². The number of carbonyl (C=O) groups is 2. The van der Waals surface area contributed by atoms with Gasteiger partial charge in [0.15, 0.2) is 11.6 Å². The summed E-state index contributed by atoms with van der Waals surface area (Å²) in [5, 5.41) is 10.3. The largest absolute Gasteiger partial charge is 0.507 e. The summed E-state index contributed by atoms with van der Waals surface area (Å²) in [6.45, 7) is 0. The molecule has 0 aliphatic carbocycles. The van der Waals surface area contributed by atoms with Crippen LogP contribution < -0.4 is 0 Å². The molecule has 3 nitrogen and oxygen atoms in total. The molecule has 1 N–H and O–H groups in total. The third kappa shape index (κ3) is 3.88. The average molecular weight is 413 g/mol. The number of rotatable bonds is 5. The second-order valence-corrected chi connectivity index (χ2v) is 7.22. The van der Waals surface area contributed by atoms with Crippen LogP contribution in [0, 0.1) is 0 Å². The molecule has 0 spiro atoms. The first kappa shape index (κ1) is 19.6. The van der Waals surface area contributed by atoms with Crippen molar-refractivity contribution in [1.29, 1.82) is 0 Å². The highest BCUT2D eigenvalue weighted by Crippen LogP contribution is 2.25. The maximum absolute atomic E-state index is 12.7. The summed E-state index contributed by atoms with van der Waals surface area (Å²) < 4.78 is 0. The summed E-state index contributed by atoms with van der Waals surface area (Å²) in [7, 11) is 0. The molecule has 0 heterocycles. The first-order chi connectivity index (χ1) is 14.5. The molecule has 0 saturated carbocycles. The second-order valence-electron chi connectivity index (χ2n) is 6.81. The van der Waals surface area contributed by atoms with E-state index in [1.54, 1.807) is 66.7 Å². The SMILES string of the molecule is O=C(c1ccc(-c2ccc(C(=O)c3ccccc3Cl)cc2)cc1)c1ccccc1O. The minimum absolute atomic E-state index is 0.0367. The predicted octanol–water partition coefficient (Wildman–Crippen LogP) is 6.17. The summed E-state index contributed by atoms with van der Waals surface area (Å²) >= 11 is 6.13. The molecule has 4 rings (SSSR count). The molecule has 0 fully saturated rings. The van der Waals surface area contributed by atoms with Crippen molar-refractivity contribution in [3.63, 3.8) is 0 Å². The number of phenolic OH excluding ortho intramolecular Hbond substituents is 1. The monoisotopic (exact) mass is 412 g/mol. The minimum atomic E-state index is -0.236. The molecule has 0 amide bonds. The summed E-state index contributed by atoms with van der Waals surface area (Å²) in [4.78, 5) is 25.2. The van der Waals surface area contributed by atoms with Crippen LogP contribution >= 0.6 is 11.6 Å². The Balaban J connectivity index is 1.55. The molecule has 4 heteroatoms. The molecule has 0 aromatic heterocycles. The molecule has 4 aromatic rings. The fourth-order valence-corrected chi connectivity index (χ4v) is 3.47. The van der Waals surface area contributed by atoms with E-state index in [-0.39, 0.29) is 22.9 Å². The lowest BCUT2D eigenvalue weighted by Gasteiger charge is -2.07. The fourth-order valence-electron chi connectivity index (χ4n) is 3.25. The van der Waals surface area contributed by atoms with Gasteiger partial charge < -0.3 is 5.11 Å². The van der Waals surface area contributed by atoms with Crippen LogP contribution in [0.4, 0.5) is 0 Å². The maximum atomic E-state index is 12.7. The van der Waals surface area contributed by atoms with Crippen molar-refractivity contribution in [3.05, 3.63) is 124 Å². The van der Waals surface area contributed by atoms with Gasteiger partial charge >= 0.3 is 0 Å². The highest BCUT2D eigenvalue weighted by Gasteiger charge is 2.14. The quantitative estimate of drug-likeness (QED) is 0.398. The smallest absolute Gasteiger partial charge is 0.196 e. The molecule has 0 atom stereocenters. The number of hydrogen-bond donors (Lipinski definition) is 1. The fraction of sp³-hybridized carbons (Fsp3) is 0. The van der Waals surface area contributed by atoms with Crippen LogP contribution in [-0.2, 0) is 0 Å². The highest BCUT2D eigenvalue weighted by atomic mass is 35.5. The number of benzene rings is 4. The highest BCUT2D eigenvalue weighted by molar-refractivity contribution is 6.35. The van der Waals surface area contributed by atoms with E-state index in [0.717, 1.165) is 11.1 Å². The number of para-hydroxylation sites is 1. The Morgan fingerprint density at radius 3 is 1.50 bits per heavy atom. The van der Waals surface area contributed by atoms with Crippen LogP contribution in [0.15, 0.2) is 97.1 Å². The molecule has 0 unspecified atom stereocenters. The van der Waals surface area contributed by atoms with Crippen molar-refractivity contribution in [1.82, 2.24) is 0 Å². The molecule has 0 saturated heterocycles. The Kier molecular flexibility index (Phi) is 5.46. The first-order valence-corrected chi connectivity index (χ1v) is 9.75. The zero-order valence-electron chi connectivity index (χ0n) is 15.9. The minimum Gasteiger partial charge on any atom is -0.507 e. The van der Waals surface area contributed by atoms with Gasteiger partial charge in [-0.25, -0.2) is 0 Å². The Morgan fingerprint density at radius 2 is 1.00 bits per heavy atom. The zero-order valence-corrected chi connectivity index (χ0v) is 16.6. The third-order valence-electron chi connectivity index (χ3n) is 4.89. The van der Waals surface area contributed by atoms with E-state index in [1.807, 2.05) is 24.3 Å². The normalized spacial score (nSPS) is 10.6. The molecular weight excluding hydrogens is 396 g/mol. The van der Waals surface area contributed by atoms with E-state index >= 15 is 0 Å². The van der Waals surface area contributed by atoms with Gasteiger partial charge in [0, 0.05) is 16.7 Å². The van der Waals surface area contributed by atoms with Gasteiger partial charge in [-0.05, 0) is 35.4 Å². The predicted molar refractivity (Wildman–Crippen MR) is 118 cm³/mol. The van der Waals surface area contributed by atoms with Gasteiger partial charge in [0.2, 0.25) is 0 Å². The number of ketones is 2. The Morgan fingerprint density at radius 1 is 0.567 bits per heavy atom. The lowest BCUT2D eigenvalue weighted by atomic mass is 9.97. The van der Waals surface area contributed by atoms with Gasteiger partial charge in [-0.15, -0.1) is 0 Å². The zero-order chi connectivity index (χ0) is 21.1. The van der Waals surface area contributed by atoms with Crippen LogP contribution in [0.5, 0.6) is 5.75 Å². The van der Waals surface area contributed by atoms with Crippen molar-refractivity contribution in [2.45, 2.75) is 0 Å². The first-order valence-electron chi connectivity index (χ1n) is 9.37. The van der Waals surface area contributed by atoms with Crippen molar-refractivity contribution in [2.75, 3.05) is 0 Å². The molecular formula is C26H17ClO3. The van der Waals surface area contributed by atoms with Crippen molar-refractivity contribution >= 4 is 23.2 Å². The van der Waals surface area contributed by atoms with Crippen molar-refractivity contribution in [2.24, 2.45) is 0 Å². The van der Waals surface area contributed by atoms with Crippen LogP contribution in [0.1, 0.15) is 31.8 Å². The molecule has 0 aliphatic rings. The molecule has 0 aliphatic heterocycles. The van der Waals surface area contributed by atoms with Gasteiger partial charge in [-0.1, -0.05) is 84.4 Å². The summed E-state index contributed by atoms with van der Waals surface area (Å²) in [5.41, 5.74) is 3.63. The number of carbonyl (C=O) groups excluding carboxylic acids is 2. The van der Waals surface area contributed by atoms with E-state index in [2.05, 4.69) is 0 Å².